The lowest BCUT2D eigenvalue weighted by molar-refractivity contribution is -0.121. The van der Waals surface area contributed by atoms with Gasteiger partial charge in [0.25, 0.3) is 0 Å². The number of benzene rings is 1. The summed E-state index contributed by atoms with van der Waals surface area (Å²) in [7, 11) is 0. The molecule has 1 aliphatic rings. The summed E-state index contributed by atoms with van der Waals surface area (Å²) in [5, 5.41) is 2.97. The summed E-state index contributed by atoms with van der Waals surface area (Å²) < 4.78 is 0. The van der Waals surface area contributed by atoms with E-state index in [-0.39, 0.29) is 5.91 Å². The molecule has 98 valence electrons. The predicted octanol–water partition coefficient (Wildman–Crippen LogP) is 1.96. The van der Waals surface area contributed by atoms with Crippen molar-refractivity contribution in [3.05, 3.63) is 35.4 Å². The number of fused-ring (bicyclic) bond motifs is 1. The van der Waals surface area contributed by atoms with Gasteiger partial charge in [0.2, 0.25) is 5.91 Å². The molecule has 0 saturated heterocycles. The third-order valence-corrected chi connectivity index (χ3v) is 3.44. The quantitative estimate of drug-likeness (QED) is 0.861. The van der Waals surface area contributed by atoms with Gasteiger partial charge in [0, 0.05) is 32.6 Å². The highest BCUT2D eigenvalue weighted by Gasteiger charge is 2.14. The molecule has 2 rings (SSSR count). The number of nitrogens with zero attached hydrogens (tertiary/aromatic N) is 1. The lowest BCUT2D eigenvalue weighted by atomic mass is 10.00. The van der Waals surface area contributed by atoms with Crippen LogP contribution in [0, 0.1) is 0 Å². The monoisotopic (exact) mass is 246 g/mol. The fourth-order valence-electron chi connectivity index (χ4n) is 2.41. The molecular formula is C15H22N2O. The van der Waals surface area contributed by atoms with Gasteiger partial charge in [-0.05, 0) is 24.0 Å². The normalized spacial score (nSPS) is 15.2. The van der Waals surface area contributed by atoms with Crippen LogP contribution in [0.4, 0.5) is 0 Å². The summed E-state index contributed by atoms with van der Waals surface area (Å²) in [5.74, 6) is 0.176. The fraction of sp³-hybridized carbons (Fsp3) is 0.533. The van der Waals surface area contributed by atoms with E-state index in [4.69, 9.17) is 0 Å². The summed E-state index contributed by atoms with van der Waals surface area (Å²) in [4.78, 5) is 13.8. The van der Waals surface area contributed by atoms with Crippen LogP contribution in [-0.4, -0.2) is 30.4 Å². The van der Waals surface area contributed by atoms with E-state index in [2.05, 4.69) is 34.5 Å². The van der Waals surface area contributed by atoms with Gasteiger partial charge < -0.3 is 5.32 Å². The highest BCUT2D eigenvalue weighted by atomic mass is 16.1. The highest BCUT2D eigenvalue weighted by Crippen LogP contribution is 2.17. The maximum atomic E-state index is 11.4. The van der Waals surface area contributed by atoms with Crippen molar-refractivity contribution in [1.29, 1.82) is 0 Å². The van der Waals surface area contributed by atoms with Gasteiger partial charge in [0.05, 0.1) is 0 Å². The van der Waals surface area contributed by atoms with Gasteiger partial charge in [0.1, 0.15) is 0 Å². The Bertz CT molecular complexity index is 403. The third-order valence-electron chi connectivity index (χ3n) is 3.44. The molecule has 1 aliphatic heterocycles. The van der Waals surface area contributed by atoms with Crippen molar-refractivity contribution in [3.63, 3.8) is 0 Å². The maximum absolute atomic E-state index is 11.4. The van der Waals surface area contributed by atoms with Crippen LogP contribution >= 0.6 is 0 Å². The Hall–Kier alpha value is -1.35. The van der Waals surface area contributed by atoms with E-state index in [0.29, 0.717) is 6.42 Å². The van der Waals surface area contributed by atoms with E-state index in [1.54, 1.807) is 0 Å². The van der Waals surface area contributed by atoms with Crippen LogP contribution in [0.15, 0.2) is 24.3 Å². The topological polar surface area (TPSA) is 32.3 Å². The molecule has 3 nitrogen and oxygen atoms in total. The fourth-order valence-corrected chi connectivity index (χ4v) is 2.41. The predicted molar refractivity (Wildman–Crippen MR) is 73.3 cm³/mol. The summed E-state index contributed by atoms with van der Waals surface area (Å²) in [6, 6.07) is 8.64. The number of nitrogens with one attached hydrogen (secondary N) is 1. The number of hydrogen-bond acceptors (Lipinski definition) is 2. The Morgan fingerprint density at radius 1 is 1.33 bits per heavy atom. The SMILES string of the molecule is CCCC(=O)NCCN1CCc2ccccc2C1. The molecule has 0 atom stereocenters. The van der Waals surface area contributed by atoms with Gasteiger partial charge >= 0.3 is 0 Å². The van der Waals surface area contributed by atoms with Crippen LogP contribution in [0.1, 0.15) is 30.9 Å². The first-order valence-electron chi connectivity index (χ1n) is 6.85. The number of rotatable bonds is 5. The number of carbonyl (C=O) groups excluding carboxylic acids is 1. The molecule has 1 aromatic carbocycles. The molecule has 0 fully saturated rings. The van der Waals surface area contributed by atoms with Gasteiger partial charge in [-0.2, -0.15) is 0 Å². The maximum Gasteiger partial charge on any atom is 0.220 e. The van der Waals surface area contributed by atoms with E-state index >= 15 is 0 Å². The Morgan fingerprint density at radius 3 is 2.89 bits per heavy atom. The van der Waals surface area contributed by atoms with E-state index in [9.17, 15) is 4.79 Å². The average Bonchev–Trinajstić information content (AvgIpc) is 2.39. The molecule has 1 aromatic rings. The van der Waals surface area contributed by atoms with Gasteiger partial charge in [-0.25, -0.2) is 0 Å². The Labute approximate surface area is 109 Å². The van der Waals surface area contributed by atoms with Crippen molar-refractivity contribution >= 4 is 5.91 Å². The molecule has 1 N–H and O–H groups in total. The molecule has 0 bridgehead atoms. The first-order valence-corrected chi connectivity index (χ1v) is 6.85. The van der Waals surface area contributed by atoms with Crippen LogP contribution in [-0.2, 0) is 17.8 Å². The lowest BCUT2D eigenvalue weighted by Crippen LogP contribution is -2.37. The zero-order valence-electron chi connectivity index (χ0n) is 11.1. The van der Waals surface area contributed by atoms with Crippen molar-refractivity contribution in [1.82, 2.24) is 10.2 Å². The molecule has 0 radical (unpaired) electrons. The molecule has 0 unspecified atom stereocenters. The van der Waals surface area contributed by atoms with Crippen LogP contribution in [0.3, 0.4) is 0 Å². The Balaban J connectivity index is 1.75. The standard InChI is InChI=1S/C15H22N2O/c1-2-5-15(18)16-9-11-17-10-8-13-6-3-4-7-14(13)12-17/h3-4,6-7H,2,5,8-12H2,1H3,(H,16,18). The molecule has 0 aromatic heterocycles. The molecule has 1 amide bonds. The Morgan fingerprint density at radius 2 is 2.11 bits per heavy atom. The Kier molecular flexibility index (Phi) is 4.76. The molecule has 1 heterocycles. The largest absolute Gasteiger partial charge is 0.355 e. The second-order valence-electron chi connectivity index (χ2n) is 4.89. The first-order chi connectivity index (χ1) is 8.79. The first kappa shape index (κ1) is 13.1. The van der Waals surface area contributed by atoms with Crippen molar-refractivity contribution in [3.8, 4) is 0 Å². The molecule has 0 saturated carbocycles. The van der Waals surface area contributed by atoms with Crippen LogP contribution in [0.25, 0.3) is 0 Å². The molecule has 18 heavy (non-hydrogen) atoms. The smallest absolute Gasteiger partial charge is 0.220 e. The zero-order chi connectivity index (χ0) is 12.8. The van der Waals surface area contributed by atoms with Gasteiger partial charge in [-0.15, -0.1) is 0 Å². The minimum atomic E-state index is 0.176. The van der Waals surface area contributed by atoms with E-state index in [1.165, 1.54) is 11.1 Å². The van der Waals surface area contributed by atoms with Gasteiger partial charge in [-0.3, -0.25) is 9.69 Å². The second-order valence-corrected chi connectivity index (χ2v) is 4.89. The van der Waals surface area contributed by atoms with Crippen molar-refractivity contribution in [2.75, 3.05) is 19.6 Å². The third kappa shape index (κ3) is 3.57. The van der Waals surface area contributed by atoms with Gasteiger partial charge in [0.15, 0.2) is 0 Å². The minimum absolute atomic E-state index is 0.176. The number of amides is 1. The molecular weight excluding hydrogens is 224 g/mol. The summed E-state index contributed by atoms with van der Waals surface area (Å²) in [6.45, 7) is 5.85. The van der Waals surface area contributed by atoms with Crippen LogP contribution in [0.5, 0.6) is 0 Å². The van der Waals surface area contributed by atoms with Crippen molar-refractivity contribution in [2.24, 2.45) is 0 Å². The van der Waals surface area contributed by atoms with E-state index in [0.717, 1.165) is 39.0 Å². The summed E-state index contributed by atoms with van der Waals surface area (Å²) in [6.07, 6.45) is 2.69. The minimum Gasteiger partial charge on any atom is -0.355 e. The van der Waals surface area contributed by atoms with Crippen LogP contribution < -0.4 is 5.32 Å². The molecule has 3 heteroatoms. The number of hydrogen-bond donors (Lipinski definition) is 1. The zero-order valence-corrected chi connectivity index (χ0v) is 11.1. The van der Waals surface area contributed by atoms with Crippen molar-refractivity contribution in [2.45, 2.75) is 32.7 Å². The van der Waals surface area contributed by atoms with E-state index in [1.807, 2.05) is 6.92 Å². The summed E-state index contributed by atoms with van der Waals surface area (Å²) >= 11 is 0. The van der Waals surface area contributed by atoms with E-state index < -0.39 is 0 Å². The van der Waals surface area contributed by atoms with Crippen LogP contribution in [0.2, 0.25) is 0 Å². The second kappa shape index (κ2) is 6.55. The molecule has 0 aliphatic carbocycles. The highest BCUT2D eigenvalue weighted by molar-refractivity contribution is 5.75. The lowest BCUT2D eigenvalue weighted by Gasteiger charge is -2.28. The number of carbonyl (C=O) groups is 1. The molecule has 0 spiro atoms. The van der Waals surface area contributed by atoms with Crippen molar-refractivity contribution < 1.29 is 4.79 Å². The average molecular weight is 246 g/mol. The van der Waals surface area contributed by atoms with Gasteiger partial charge in [-0.1, -0.05) is 31.2 Å². The summed E-state index contributed by atoms with van der Waals surface area (Å²) in [5.41, 5.74) is 2.91.